The van der Waals surface area contributed by atoms with Crippen LogP contribution in [0.25, 0.3) is 0 Å². The molecule has 0 fully saturated rings. The fourth-order valence-corrected chi connectivity index (χ4v) is 2.19. The van der Waals surface area contributed by atoms with Gasteiger partial charge in [-0.15, -0.1) is 0 Å². The van der Waals surface area contributed by atoms with Gasteiger partial charge in [0.15, 0.2) is 0 Å². The SMILES string of the molecule is COC(=O)[C@H](CN(C)C(=O)OC(C)(C)C)N(C)Cc1ccccc1. The summed E-state index contributed by atoms with van der Waals surface area (Å²) in [4.78, 5) is 27.5. The molecule has 0 spiro atoms. The molecule has 134 valence electrons. The number of benzene rings is 1. The molecule has 1 amide bonds. The Kier molecular flexibility index (Phi) is 7.22. The predicted octanol–water partition coefficient (Wildman–Crippen LogP) is 2.53. The minimum atomic E-state index is -0.581. The van der Waals surface area contributed by atoms with Gasteiger partial charge in [-0.2, -0.15) is 0 Å². The van der Waals surface area contributed by atoms with Crippen LogP contribution in [0.15, 0.2) is 30.3 Å². The number of amides is 1. The van der Waals surface area contributed by atoms with Gasteiger partial charge in [0.2, 0.25) is 0 Å². The average Bonchev–Trinajstić information content (AvgIpc) is 2.50. The summed E-state index contributed by atoms with van der Waals surface area (Å²) in [6.07, 6.45) is -0.468. The number of carbonyl (C=O) groups is 2. The summed E-state index contributed by atoms with van der Waals surface area (Å²) in [5, 5.41) is 0. The van der Waals surface area contributed by atoms with Crippen LogP contribution in [-0.4, -0.2) is 61.3 Å². The average molecular weight is 336 g/mol. The number of likely N-dealkylation sites (N-methyl/N-ethyl adjacent to an activating group) is 2. The molecular formula is C18H28N2O4. The van der Waals surface area contributed by atoms with Gasteiger partial charge in [-0.3, -0.25) is 9.69 Å². The third-order valence-electron chi connectivity index (χ3n) is 3.43. The molecule has 0 N–H and O–H groups in total. The smallest absolute Gasteiger partial charge is 0.410 e. The van der Waals surface area contributed by atoms with Crippen molar-refractivity contribution in [3.8, 4) is 0 Å². The molecule has 6 nitrogen and oxygen atoms in total. The molecule has 0 aliphatic heterocycles. The van der Waals surface area contributed by atoms with Gasteiger partial charge >= 0.3 is 12.1 Å². The molecule has 0 aliphatic rings. The first kappa shape index (κ1) is 20.0. The second-order valence-corrected chi connectivity index (χ2v) is 6.80. The van der Waals surface area contributed by atoms with Crippen molar-refractivity contribution in [3.05, 3.63) is 35.9 Å². The minimum absolute atomic E-state index is 0.185. The van der Waals surface area contributed by atoms with Crippen molar-refractivity contribution >= 4 is 12.1 Å². The molecule has 0 radical (unpaired) electrons. The first-order valence-electron chi connectivity index (χ1n) is 7.90. The van der Waals surface area contributed by atoms with Gasteiger partial charge in [0, 0.05) is 20.1 Å². The second kappa shape index (κ2) is 8.68. The fourth-order valence-electron chi connectivity index (χ4n) is 2.19. The van der Waals surface area contributed by atoms with Gasteiger partial charge in [-0.25, -0.2) is 4.79 Å². The molecule has 0 unspecified atom stereocenters. The standard InChI is InChI=1S/C18H28N2O4/c1-18(2,3)24-17(22)20(5)13-15(16(21)23-6)19(4)12-14-10-8-7-9-11-14/h7-11,15H,12-13H2,1-6H3/t15-/m0/s1. The molecule has 0 saturated heterocycles. The molecule has 1 rings (SSSR count). The highest BCUT2D eigenvalue weighted by molar-refractivity contribution is 5.77. The molecule has 0 aliphatic carbocycles. The van der Waals surface area contributed by atoms with Gasteiger partial charge in [-0.1, -0.05) is 30.3 Å². The van der Waals surface area contributed by atoms with E-state index in [0.29, 0.717) is 6.54 Å². The quantitative estimate of drug-likeness (QED) is 0.747. The van der Waals surface area contributed by atoms with Crippen LogP contribution < -0.4 is 0 Å². The molecule has 1 aromatic rings. The summed E-state index contributed by atoms with van der Waals surface area (Å²) in [6, 6.07) is 9.24. The summed E-state index contributed by atoms with van der Waals surface area (Å²) >= 11 is 0. The Morgan fingerprint density at radius 1 is 1.12 bits per heavy atom. The van der Waals surface area contributed by atoms with Crippen LogP contribution in [0.1, 0.15) is 26.3 Å². The Labute approximate surface area is 144 Å². The molecular weight excluding hydrogens is 308 g/mol. The summed E-state index contributed by atoms with van der Waals surface area (Å²) in [7, 11) is 4.79. The van der Waals surface area contributed by atoms with Crippen LogP contribution in [0.3, 0.4) is 0 Å². The van der Waals surface area contributed by atoms with E-state index in [4.69, 9.17) is 9.47 Å². The highest BCUT2D eigenvalue weighted by Gasteiger charge is 2.29. The van der Waals surface area contributed by atoms with Gasteiger partial charge < -0.3 is 14.4 Å². The van der Waals surface area contributed by atoms with E-state index in [2.05, 4.69) is 0 Å². The monoisotopic (exact) mass is 336 g/mol. The van der Waals surface area contributed by atoms with Gasteiger partial charge in [0.1, 0.15) is 11.6 Å². The first-order chi connectivity index (χ1) is 11.1. The maximum Gasteiger partial charge on any atom is 0.410 e. The van der Waals surface area contributed by atoms with E-state index < -0.39 is 17.7 Å². The molecule has 0 saturated carbocycles. The van der Waals surface area contributed by atoms with Crippen molar-refractivity contribution in [3.63, 3.8) is 0 Å². The van der Waals surface area contributed by atoms with E-state index in [1.54, 1.807) is 27.8 Å². The Hall–Kier alpha value is -2.08. The first-order valence-corrected chi connectivity index (χ1v) is 7.90. The highest BCUT2D eigenvalue weighted by Crippen LogP contribution is 2.12. The van der Waals surface area contributed by atoms with Crippen LogP contribution in [0, 0.1) is 0 Å². The highest BCUT2D eigenvalue weighted by atomic mass is 16.6. The van der Waals surface area contributed by atoms with Crippen molar-refractivity contribution in [2.24, 2.45) is 0 Å². The topological polar surface area (TPSA) is 59.1 Å². The number of hydrogen-bond acceptors (Lipinski definition) is 5. The minimum Gasteiger partial charge on any atom is -0.468 e. The molecule has 24 heavy (non-hydrogen) atoms. The third-order valence-corrected chi connectivity index (χ3v) is 3.43. The van der Waals surface area contributed by atoms with E-state index in [1.807, 2.05) is 42.3 Å². The van der Waals surface area contributed by atoms with Crippen LogP contribution in [0.2, 0.25) is 0 Å². The number of rotatable bonds is 6. The second-order valence-electron chi connectivity index (χ2n) is 6.80. The number of ether oxygens (including phenoxy) is 2. The lowest BCUT2D eigenvalue weighted by molar-refractivity contribution is -0.147. The lowest BCUT2D eigenvalue weighted by atomic mass is 10.1. The van der Waals surface area contributed by atoms with Crippen molar-refractivity contribution < 1.29 is 19.1 Å². The van der Waals surface area contributed by atoms with Crippen LogP contribution in [0.4, 0.5) is 4.79 Å². The van der Waals surface area contributed by atoms with Crippen molar-refractivity contribution in [2.75, 3.05) is 27.7 Å². The number of nitrogens with zero attached hydrogens (tertiary/aromatic N) is 2. The largest absolute Gasteiger partial charge is 0.468 e. The third kappa shape index (κ3) is 6.58. The Balaban J connectivity index is 2.78. The summed E-state index contributed by atoms with van der Waals surface area (Å²) in [5.41, 5.74) is 0.496. The molecule has 0 bridgehead atoms. The Morgan fingerprint density at radius 2 is 1.71 bits per heavy atom. The number of hydrogen-bond donors (Lipinski definition) is 0. The summed E-state index contributed by atoms with van der Waals surface area (Å²) in [6.45, 7) is 6.17. The van der Waals surface area contributed by atoms with Crippen LogP contribution in [-0.2, 0) is 20.8 Å². The lowest BCUT2D eigenvalue weighted by Crippen LogP contribution is -2.48. The van der Waals surface area contributed by atoms with E-state index in [0.717, 1.165) is 5.56 Å². The predicted molar refractivity (Wildman–Crippen MR) is 92.6 cm³/mol. The normalized spacial score (nSPS) is 12.6. The van der Waals surface area contributed by atoms with Gasteiger partial charge in [0.25, 0.3) is 0 Å². The zero-order chi connectivity index (χ0) is 18.3. The molecule has 1 atom stereocenters. The maximum atomic E-state index is 12.1. The van der Waals surface area contributed by atoms with E-state index in [1.165, 1.54) is 12.0 Å². The number of esters is 1. The lowest BCUT2D eigenvalue weighted by Gasteiger charge is -2.31. The number of carbonyl (C=O) groups excluding carboxylic acids is 2. The van der Waals surface area contributed by atoms with Gasteiger partial charge in [-0.05, 0) is 33.4 Å². The molecule has 0 aromatic heterocycles. The van der Waals surface area contributed by atoms with E-state index in [9.17, 15) is 9.59 Å². The van der Waals surface area contributed by atoms with E-state index in [-0.39, 0.29) is 12.5 Å². The Bertz CT molecular complexity index is 540. The summed E-state index contributed by atoms with van der Waals surface area (Å²) < 4.78 is 10.2. The maximum absolute atomic E-state index is 12.1. The van der Waals surface area contributed by atoms with Crippen molar-refractivity contribution in [2.45, 2.75) is 39.0 Å². The van der Waals surface area contributed by atoms with Crippen LogP contribution >= 0.6 is 0 Å². The zero-order valence-electron chi connectivity index (χ0n) is 15.4. The van der Waals surface area contributed by atoms with Gasteiger partial charge in [0.05, 0.1) is 7.11 Å². The summed E-state index contributed by atoms with van der Waals surface area (Å²) in [5.74, 6) is -0.385. The Morgan fingerprint density at radius 3 is 2.21 bits per heavy atom. The molecule has 0 heterocycles. The van der Waals surface area contributed by atoms with Crippen molar-refractivity contribution in [1.29, 1.82) is 0 Å². The van der Waals surface area contributed by atoms with Crippen molar-refractivity contribution in [1.82, 2.24) is 9.80 Å². The van der Waals surface area contributed by atoms with E-state index >= 15 is 0 Å². The van der Waals surface area contributed by atoms with Crippen LogP contribution in [0.5, 0.6) is 0 Å². The number of methoxy groups -OCH3 is 1. The zero-order valence-corrected chi connectivity index (χ0v) is 15.4. The molecule has 1 aromatic carbocycles. The fraction of sp³-hybridized carbons (Fsp3) is 0.556. The molecule has 6 heteroatoms.